The molecule has 0 radical (unpaired) electrons. The van der Waals surface area contributed by atoms with Gasteiger partial charge in [-0.25, -0.2) is 4.39 Å². The first kappa shape index (κ1) is 29.8. The molecule has 2 heterocycles. The highest BCUT2D eigenvalue weighted by atomic mass is 19.1. The van der Waals surface area contributed by atoms with Crippen LogP contribution in [0.4, 0.5) is 15.8 Å². The highest BCUT2D eigenvalue weighted by Gasteiger charge is 2.33. The van der Waals surface area contributed by atoms with Crippen LogP contribution in [0.3, 0.4) is 0 Å². The fraction of sp³-hybridized carbons (Fsp3) is 0.433. The summed E-state index contributed by atoms with van der Waals surface area (Å²) in [7, 11) is 1.78. The molecule has 1 unspecified atom stereocenters. The summed E-state index contributed by atoms with van der Waals surface area (Å²) in [6.07, 6.45) is 1.26. The molecule has 9 heteroatoms. The van der Waals surface area contributed by atoms with Crippen LogP contribution in [0.2, 0.25) is 0 Å². The van der Waals surface area contributed by atoms with E-state index >= 15 is 0 Å². The number of anilines is 2. The van der Waals surface area contributed by atoms with Crippen molar-refractivity contribution in [2.75, 3.05) is 56.5 Å². The summed E-state index contributed by atoms with van der Waals surface area (Å²) in [4.78, 5) is 29.6. The summed E-state index contributed by atoms with van der Waals surface area (Å²) < 4.78 is 19.4. The van der Waals surface area contributed by atoms with E-state index in [0.717, 1.165) is 34.6 Å². The molecule has 2 aromatic carbocycles. The Bertz CT molecular complexity index is 1190. The van der Waals surface area contributed by atoms with Crippen molar-refractivity contribution in [3.05, 3.63) is 76.9 Å². The average Bonchev–Trinajstić information content (AvgIpc) is 3.28. The zero-order valence-electron chi connectivity index (χ0n) is 23.6. The Labute approximate surface area is 230 Å². The second-order valence-electron chi connectivity index (χ2n) is 9.44. The first-order valence-corrected chi connectivity index (χ1v) is 13.5. The number of carbonyl (C=O) groups excluding carboxylic acids is 2. The lowest BCUT2D eigenvalue weighted by atomic mass is 10.0. The molecule has 1 fully saturated rings. The van der Waals surface area contributed by atoms with E-state index < -0.39 is 0 Å². The van der Waals surface area contributed by atoms with Crippen molar-refractivity contribution in [2.24, 2.45) is 0 Å². The Kier molecular flexibility index (Phi) is 11.0. The van der Waals surface area contributed by atoms with Gasteiger partial charge in [0.15, 0.2) is 0 Å². The molecule has 1 aliphatic heterocycles. The van der Waals surface area contributed by atoms with Gasteiger partial charge in [0.25, 0.3) is 0 Å². The summed E-state index contributed by atoms with van der Waals surface area (Å²) in [5.41, 5.74) is 4.12. The normalized spacial score (nSPS) is 14.3. The van der Waals surface area contributed by atoms with E-state index in [1.807, 2.05) is 68.1 Å². The number of benzene rings is 2. The predicted octanol–water partition coefficient (Wildman–Crippen LogP) is 4.63. The van der Waals surface area contributed by atoms with Gasteiger partial charge in [-0.1, -0.05) is 35.5 Å². The zero-order valence-corrected chi connectivity index (χ0v) is 23.6. The molecule has 3 aromatic rings. The Hall–Kier alpha value is -3.72. The molecule has 210 valence electrons. The van der Waals surface area contributed by atoms with Crippen LogP contribution in [-0.2, 0) is 16.0 Å². The number of amides is 1. The molecule has 1 aliphatic rings. The lowest BCUT2D eigenvalue weighted by Crippen LogP contribution is -2.51. The first-order valence-electron chi connectivity index (χ1n) is 13.5. The summed E-state index contributed by atoms with van der Waals surface area (Å²) >= 11 is 0. The molecule has 1 N–H and O–H groups in total. The molecular formula is C30H40FN5O3. The Balaban J connectivity index is 0.000000353. The summed E-state index contributed by atoms with van der Waals surface area (Å²) in [6.45, 7) is 11.8. The van der Waals surface area contributed by atoms with Crippen molar-refractivity contribution in [3.8, 4) is 0 Å². The molecule has 8 nitrogen and oxygen atoms in total. The average molecular weight is 538 g/mol. The molecule has 0 saturated carbocycles. The van der Waals surface area contributed by atoms with Gasteiger partial charge in [0, 0.05) is 64.0 Å². The first-order chi connectivity index (χ1) is 18.8. The van der Waals surface area contributed by atoms with E-state index in [1.54, 1.807) is 14.0 Å². The Morgan fingerprint density at radius 3 is 2.28 bits per heavy atom. The standard InChI is InChI=1S/C23H31FN4O.C7H9NO2/c1-4-26(5-2)23(29)22(18-9-7-6-8-10-18)28-15-13-27(14-16-28)21-12-11-19(25-3)17-20(21)24;1-5-7(3-4-9)6(2)10-8-5/h6-12,17,22,25H,4-5,13-16H2,1-3H3;4H,3H2,1-2H3. The highest BCUT2D eigenvalue weighted by molar-refractivity contribution is 5.83. The Morgan fingerprint density at radius 1 is 1.10 bits per heavy atom. The van der Waals surface area contributed by atoms with E-state index in [2.05, 4.69) is 20.3 Å². The minimum Gasteiger partial charge on any atom is -0.388 e. The number of nitrogens with one attached hydrogen (secondary N) is 1. The van der Waals surface area contributed by atoms with Crippen molar-refractivity contribution >= 4 is 23.6 Å². The maximum Gasteiger partial charge on any atom is 0.244 e. The second kappa shape index (κ2) is 14.4. The zero-order chi connectivity index (χ0) is 28.4. The number of aldehydes is 1. The van der Waals surface area contributed by atoms with E-state index in [0.29, 0.717) is 51.4 Å². The lowest BCUT2D eigenvalue weighted by Gasteiger charge is -2.41. The Morgan fingerprint density at radius 2 is 1.77 bits per heavy atom. The third-order valence-electron chi connectivity index (χ3n) is 7.15. The minimum atomic E-state index is -0.297. The van der Waals surface area contributed by atoms with Crippen molar-refractivity contribution in [1.82, 2.24) is 15.0 Å². The molecule has 39 heavy (non-hydrogen) atoms. The number of hydrogen-bond acceptors (Lipinski definition) is 7. The lowest BCUT2D eigenvalue weighted by molar-refractivity contribution is -0.137. The van der Waals surface area contributed by atoms with E-state index in [9.17, 15) is 14.0 Å². The number of nitrogens with zero attached hydrogens (tertiary/aromatic N) is 4. The van der Waals surface area contributed by atoms with Gasteiger partial charge in [0.05, 0.1) is 11.4 Å². The van der Waals surface area contributed by atoms with Crippen LogP contribution in [0.1, 0.15) is 42.5 Å². The molecule has 0 spiro atoms. The summed E-state index contributed by atoms with van der Waals surface area (Å²) in [5.74, 6) is 0.660. The monoisotopic (exact) mass is 537 g/mol. The van der Waals surface area contributed by atoms with Gasteiger partial charge in [0.1, 0.15) is 23.9 Å². The number of aromatic nitrogens is 1. The van der Waals surface area contributed by atoms with Crippen molar-refractivity contribution in [2.45, 2.75) is 40.2 Å². The number of hydrogen-bond donors (Lipinski definition) is 1. The number of rotatable bonds is 9. The topological polar surface area (TPSA) is 81.9 Å². The van der Waals surface area contributed by atoms with Gasteiger partial charge in [-0.3, -0.25) is 9.69 Å². The third-order valence-corrected chi connectivity index (χ3v) is 7.15. The van der Waals surface area contributed by atoms with Gasteiger partial charge in [0.2, 0.25) is 5.91 Å². The number of piperazine rings is 1. The number of halogens is 1. The molecule has 1 atom stereocenters. The number of aryl methyl sites for hydroxylation is 2. The van der Waals surface area contributed by atoms with Crippen LogP contribution in [0.5, 0.6) is 0 Å². The summed E-state index contributed by atoms with van der Waals surface area (Å²) in [6, 6.07) is 14.9. The highest BCUT2D eigenvalue weighted by Crippen LogP contribution is 2.28. The summed E-state index contributed by atoms with van der Waals surface area (Å²) in [5, 5.41) is 6.66. The van der Waals surface area contributed by atoms with Crippen LogP contribution in [0.15, 0.2) is 53.1 Å². The molecule has 0 bridgehead atoms. The fourth-order valence-electron chi connectivity index (χ4n) is 4.87. The van der Waals surface area contributed by atoms with Gasteiger partial charge < -0.3 is 24.4 Å². The van der Waals surface area contributed by atoms with E-state index in [4.69, 9.17) is 4.52 Å². The van der Waals surface area contributed by atoms with Gasteiger partial charge in [-0.2, -0.15) is 0 Å². The van der Waals surface area contributed by atoms with Gasteiger partial charge in [-0.05, 0) is 51.5 Å². The van der Waals surface area contributed by atoms with Crippen molar-refractivity contribution in [1.29, 1.82) is 0 Å². The fourth-order valence-corrected chi connectivity index (χ4v) is 4.87. The number of carbonyl (C=O) groups is 2. The van der Waals surface area contributed by atoms with Crippen molar-refractivity contribution < 1.29 is 18.5 Å². The van der Waals surface area contributed by atoms with Crippen LogP contribution in [-0.4, -0.2) is 73.5 Å². The molecule has 0 aliphatic carbocycles. The van der Waals surface area contributed by atoms with Gasteiger partial charge >= 0.3 is 0 Å². The third kappa shape index (κ3) is 7.44. The van der Waals surface area contributed by atoms with Crippen LogP contribution >= 0.6 is 0 Å². The largest absolute Gasteiger partial charge is 0.388 e. The molecule has 4 rings (SSSR count). The van der Waals surface area contributed by atoms with Crippen LogP contribution in [0.25, 0.3) is 0 Å². The van der Waals surface area contributed by atoms with Crippen molar-refractivity contribution in [3.63, 3.8) is 0 Å². The quantitative estimate of drug-likeness (QED) is 0.399. The molecule has 1 aromatic heterocycles. The molecule has 1 saturated heterocycles. The maximum atomic E-state index is 14.5. The molecular weight excluding hydrogens is 497 g/mol. The SMILES string of the molecule is CCN(CC)C(=O)C(c1ccccc1)N1CCN(c2ccc(NC)cc2F)CC1.Cc1noc(C)c1CC=O. The second-order valence-corrected chi connectivity index (χ2v) is 9.44. The predicted molar refractivity (Wildman–Crippen MR) is 153 cm³/mol. The van der Waals surface area contributed by atoms with Crippen LogP contribution < -0.4 is 10.2 Å². The number of likely N-dealkylation sites (N-methyl/N-ethyl adjacent to an activating group) is 1. The van der Waals surface area contributed by atoms with Gasteiger partial charge in [-0.15, -0.1) is 0 Å². The molecule has 1 amide bonds. The van der Waals surface area contributed by atoms with E-state index in [-0.39, 0.29) is 17.8 Å². The van der Waals surface area contributed by atoms with Crippen LogP contribution in [0, 0.1) is 19.7 Å². The minimum absolute atomic E-state index is 0.138. The maximum absolute atomic E-state index is 14.5. The smallest absolute Gasteiger partial charge is 0.244 e. The van der Waals surface area contributed by atoms with E-state index in [1.165, 1.54) is 6.07 Å².